The van der Waals surface area contributed by atoms with Gasteiger partial charge in [-0.1, -0.05) is 19.3 Å². The Hall–Kier alpha value is -2.57. The van der Waals surface area contributed by atoms with Gasteiger partial charge in [0, 0.05) is 30.4 Å². The molecule has 0 radical (unpaired) electrons. The smallest absolute Gasteiger partial charge is 0.251 e. The molecular weight excluding hydrogens is 344 g/mol. The van der Waals surface area contributed by atoms with Gasteiger partial charge in [-0.05, 0) is 43.5 Å². The molecule has 3 N–H and O–H groups in total. The summed E-state index contributed by atoms with van der Waals surface area (Å²) in [5.74, 6) is -0.269. The summed E-state index contributed by atoms with van der Waals surface area (Å²) in [5.41, 5.74) is 2.37. The van der Waals surface area contributed by atoms with E-state index in [0.717, 1.165) is 24.1 Å². The molecule has 27 heavy (non-hydrogen) atoms. The zero-order chi connectivity index (χ0) is 19.2. The van der Waals surface area contributed by atoms with Gasteiger partial charge in [-0.2, -0.15) is 0 Å². The van der Waals surface area contributed by atoms with Gasteiger partial charge in [-0.15, -0.1) is 0 Å². The summed E-state index contributed by atoms with van der Waals surface area (Å²) in [4.78, 5) is 37.6. The number of carbonyl (C=O) groups excluding carboxylic acids is 3. The molecule has 7 heteroatoms. The van der Waals surface area contributed by atoms with Crippen molar-refractivity contribution in [1.82, 2.24) is 15.5 Å². The van der Waals surface area contributed by atoms with Crippen molar-refractivity contribution < 1.29 is 14.4 Å². The molecule has 3 rings (SSSR count). The van der Waals surface area contributed by atoms with Crippen LogP contribution in [0.1, 0.15) is 48.0 Å². The second-order valence-corrected chi connectivity index (χ2v) is 7.36. The monoisotopic (exact) mass is 372 g/mol. The van der Waals surface area contributed by atoms with Crippen molar-refractivity contribution in [3.63, 3.8) is 0 Å². The van der Waals surface area contributed by atoms with Crippen LogP contribution in [0.4, 0.5) is 5.69 Å². The molecule has 1 aromatic carbocycles. The molecule has 0 bridgehead atoms. The highest BCUT2D eigenvalue weighted by Gasteiger charge is 2.21. The SMILES string of the molecule is Cc1cc(C(=O)NC2CCCCC2)ccc1NCC(=O)N1CCNC(=O)C1. The number of hydrogen-bond donors (Lipinski definition) is 3. The van der Waals surface area contributed by atoms with Crippen LogP contribution in [0.2, 0.25) is 0 Å². The number of piperazine rings is 1. The lowest BCUT2D eigenvalue weighted by Crippen LogP contribution is -2.51. The molecule has 2 fully saturated rings. The maximum atomic E-state index is 12.4. The van der Waals surface area contributed by atoms with Gasteiger partial charge in [-0.25, -0.2) is 0 Å². The molecule has 1 aromatic rings. The van der Waals surface area contributed by atoms with E-state index in [-0.39, 0.29) is 36.9 Å². The number of amides is 3. The van der Waals surface area contributed by atoms with E-state index in [2.05, 4.69) is 16.0 Å². The summed E-state index contributed by atoms with van der Waals surface area (Å²) in [5, 5.41) is 8.94. The molecule has 0 unspecified atom stereocenters. The molecule has 146 valence electrons. The van der Waals surface area contributed by atoms with Gasteiger partial charge in [0.05, 0.1) is 13.1 Å². The van der Waals surface area contributed by atoms with Crippen LogP contribution < -0.4 is 16.0 Å². The summed E-state index contributed by atoms with van der Waals surface area (Å²) >= 11 is 0. The lowest BCUT2D eigenvalue weighted by molar-refractivity contribution is -0.136. The number of aryl methyl sites for hydroxylation is 1. The molecule has 0 aromatic heterocycles. The Morgan fingerprint density at radius 2 is 2.00 bits per heavy atom. The Bertz CT molecular complexity index is 713. The standard InChI is InChI=1S/C20H28N4O3/c1-14-11-15(20(27)23-16-5-3-2-4-6-16)7-8-17(14)22-12-19(26)24-10-9-21-18(25)13-24/h7-8,11,16,22H,2-6,9-10,12-13H2,1H3,(H,21,25)(H,23,27). The number of anilines is 1. The largest absolute Gasteiger partial charge is 0.376 e. The van der Waals surface area contributed by atoms with Crippen molar-refractivity contribution in [1.29, 1.82) is 0 Å². The van der Waals surface area contributed by atoms with E-state index in [0.29, 0.717) is 18.7 Å². The maximum Gasteiger partial charge on any atom is 0.251 e. The third kappa shape index (κ3) is 5.21. The summed E-state index contributed by atoms with van der Waals surface area (Å²) in [6.07, 6.45) is 5.73. The second-order valence-electron chi connectivity index (χ2n) is 7.36. The Balaban J connectivity index is 1.53. The van der Waals surface area contributed by atoms with E-state index < -0.39 is 0 Å². The van der Waals surface area contributed by atoms with Crippen LogP contribution in [0.25, 0.3) is 0 Å². The Morgan fingerprint density at radius 1 is 1.22 bits per heavy atom. The van der Waals surface area contributed by atoms with Gasteiger partial charge in [0.1, 0.15) is 0 Å². The molecule has 0 atom stereocenters. The highest BCUT2D eigenvalue weighted by Crippen LogP contribution is 2.20. The maximum absolute atomic E-state index is 12.4. The van der Waals surface area contributed by atoms with Gasteiger partial charge in [0.2, 0.25) is 11.8 Å². The third-order valence-corrected chi connectivity index (χ3v) is 5.25. The molecule has 3 amide bonds. The number of benzene rings is 1. The van der Waals surface area contributed by atoms with Crippen molar-refractivity contribution in [2.75, 3.05) is 31.5 Å². The fourth-order valence-corrected chi connectivity index (χ4v) is 3.65. The lowest BCUT2D eigenvalue weighted by Gasteiger charge is -2.27. The number of nitrogens with zero attached hydrogens (tertiary/aromatic N) is 1. The van der Waals surface area contributed by atoms with E-state index in [1.54, 1.807) is 11.0 Å². The predicted octanol–water partition coefficient (Wildman–Crippen LogP) is 1.43. The van der Waals surface area contributed by atoms with E-state index in [1.165, 1.54) is 19.3 Å². The molecule has 1 saturated carbocycles. The minimum Gasteiger partial charge on any atom is -0.376 e. The summed E-state index contributed by atoms with van der Waals surface area (Å²) < 4.78 is 0. The van der Waals surface area contributed by atoms with Gasteiger partial charge < -0.3 is 20.9 Å². The fraction of sp³-hybridized carbons (Fsp3) is 0.550. The van der Waals surface area contributed by atoms with Crippen molar-refractivity contribution in [2.45, 2.75) is 45.1 Å². The summed E-state index contributed by atoms with van der Waals surface area (Å²) in [7, 11) is 0. The Morgan fingerprint density at radius 3 is 2.70 bits per heavy atom. The van der Waals surface area contributed by atoms with Crippen LogP contribution in [0.5, 0.6) is 0 Å². The Kier molecular flexibility index (Phi) is 6.32. The average molecular weight is 372 g/mol. The molecule has 1 saturated heterocycles. The second kappa shape index (κ2) is 8.88. The van der Waals surface area contributed by atoms with Crippen LogP contribution in [-0.2, 0) is 9.59 Å². The molecule has 0 spiro atoms. The zero-order valence-electron chi connectivity index (χ0n) is 15.8. The van der Waals surface area contributed by atoms with Crippen LogP contribution in [0.3, 0.4) is 0 Å². The minimum atomic E-state index is -0.126. The lowest BCUT2D eigenvalue weighted by atomic mass is 9.95. The summed E-state index contributed by atoms with van der Waals surface area (Å²) in [6, 6.07) is 5.75. The molecule has 7 nitrogen and oxygen atoms in total. The number of hydrogen-bond acceptors (Lipinski definition) is 4. The number of rotatable bonds is 5. The average Bonchev–Trinajstić information content (AvgIpc) is 2.67. The van der Waals surface area contributed by atoms with E-state index in [9.17, 15) is 14.4 Å². The predicted molar refractivity (Wildman–Crippen MR) is 104 cm³/mol. The minimum absolute atomic E-state index is 0.0352. The quantitative estimate of drug-likeness (QED) is 0.729. The first kappa shape index (κ1) is 19.2. The number of carbonyl (C=O) groups is 3. The first-order valence-electron chi connectivity index (χ1n) is 9.73. The van der Waals surface area contributed by atoms with Crippen molar-refractivity contribution in [3.05, 3.63) is 29.3 Å². The van der Waals surface area contributed by atoms with E-state index in [4.69, 9.17) is 0 Å². The van der Waals surface area contributed by atoms with Gasteiger partial charge >= 0.3 is 0 Å². The van der Waals surface area contributed by atoms with Crippen LogP contribution >= 0.6 is 0 Å². The van der Waals surface area contributed by atoms with Crippen LogP contribution in [0.15, 0.2) is 18.2 Å². The molecule has 1 aliphatic carbocycles. The third-order valence-electron chi connectivity index (χ3n) is 5.25. The number of nitrogens with one attached hydrogen (secondary N) is 3. The topological polar surface area (TPSA) is 90.5 Å². The van der Waals surface area contributed by atoms with Crippen LogP contribution in [0, 0.1) is 6.92 Å². The first-order valence-corrected chi connectivity index (χ1v) is 9.73. The van der Waals surface area contributed by atoms with Crippen molar-refractivity contribution in [2.24, 2.45) is 0 Å². The van der Waals surface area contributed by atoms with Gasteiger partial charge in [-0.3, -0.25) is 14.4 Å². The van der Waals surface area contributed by atoms with Crippen LogP contribution in [-0.4, -0.2) is 54.8 Å². The van der Waals surface area contributed by atoms with Crippen molar-refractivity contribution >= 4 is 23.4 Å². The summed E-state index contributed by atoms with van der Waals surface area (Å²) in [6.45, 7) is 3.18. The molecule has 1 heterocycles. The zero-order valence-corrected chi connectivity index (χ0v) is 15.8. The molecule has 1 aliphatic heterocycles. The molecular formula is C20H28N4O3. The Labute approximate surface area is 159 Å². The first-order chi connectivity index (χ1) is 13.0. The highest BCUT2D eigenvalue weighted by atomic mass is 16.2. The molecule has 2 aliphatic rings. The fourth-order valence-electron chi connectivity index (χ4n) is 3.65. The van der Waals surface area contributed by atoms with Gasteiger partial charge in [0.15, 0.2) is 0 Å². The van der Waals surface area contributed by atoms with E-state index >= 15 is 0 Å². The normalized spacial score (nSPS) is 18.0. The van der Waals surface area contributed by atoms with Crippen molar-refractivity contribution in [3.8, 4) is 0 Å². The van der Waals surface area contributed by atoms with Gasteiger partial charge in [0.25, 0.3) is 5.91 Å². The highest BCUT2D eigenvalue weighted by molar-refractivity contribution is 5.95. The van der Waals surface area contributed by atoms with E-state index in [1.807, 2.05) is 19.1 Å².